The molecular weight excluding hydrogens is 356 g/mol. The zero-order chi connectivity index (χ0) is 20.3. The van der Waals surface area contributed by atoms with Crippen LogP contribution in [-0.4, -0.2) is 20.9 Å². The van der Waals surface area contributed by atoms with E-state index in [1.165, 1.54) is 12.4 Å². The summed E-state index contributed by atoms with van der Waals surface area (Å²) in [4.78, 5) is 35.7. The number of hydrogen-bond acceptors (Lipinski definition) is 6. The summed E-state index contributed by atoms with van der Waals surface area (Å²) >= 11 is 0. The minimum atomic E-state index is -0.481. The number of carbonyl (C=O) groups is 1. The van der Waals surface area contributed by atoms with Gasteiger partial charge in [-0.25, -0.2) is 9.97 Å². The highest BCUT2D eigenvalue weighted by atomic mass is 16.2. The van der Waals surface area contributed by atoms with Crippen LogP contribution in [0.25, 0.3) is 10.9 Å². The number of nitrogens with one attached hydrogen (secondary N) is 2. The molecule has 138 valence electrons. The largest absolute Gasteiger partial charge is 0.346 e. The number of aryl methyl sites for hydroxylation is 1. The van der Waals surface area contributed by atoms with Crippen LogP contribution in [0.2, 0.25) is 0 Å². The summed E-state index contributed by atoms with van der Waals surface area (Å²) in [6.07, 6.45) is 2.65. The Morgan fingerprint density at radius 2 is 1.89 bits per heavy atom. The van der Waals surface area contributed by atoms with Crippen LogP contribution in [0.3, 0.4) is 0 Å². The predicted octanol–water partition coefficient (Wildman–Crippen LogP) is 1.79. The minimum absolute atomic E-state index is 0.117. The second-order valence-corrected chi connectivity index (χ2v) is 6.34. The maximum absolute atomic E-state index is 12.5. The number of carbonyl (C=O) groups excluding carboxylic acids is 1. The van der Waals surface area contributed by atoms with Crippen LogP contribution in [0, 0.1) is 29.6 Å². The summed E-state index contributed by atoms with van der Waals surface area (Å²) < 4.78 is 0. The number of fused-ring (bicyclic) bond motifs is 1. The Labute approximate surface area is 160 Å². The molecule has 0 aliphatic heterocycles. The fourth-order valence-corrected chi connectivity index (χ4v) is 2.91. The van der Waals surface area contributed by atoms with Gasteiger partial charge in [-0.05, 0) is 37.6 Å². The van der Waals surface area contributed by atoms with E-state index in [1.54, 1.807) is 32.0 Å². The summed E-state index contributed by atoms with van der Waals surface area (Å²) in [7, 11) is 0. The van der Waals surface area contributed by atoms with Crippen molar-refractivity contribution < 1.29 is 4.79 Å². The predicted molar refractivity (Wildman–Crippen MR) is 101 cm³/mol. The minimum Gasteiger partial charge on any atom is -0.346 e. The van der Waals surface area contributed by atoms with Crippen molar-refractivity contribution in [3.8, 4) is 12.1 Å². The fraction of sp³-hybridized carbons (Fsp3) is 0.200. The molecule has 8 heteroatoms. The molecule has 1 atom stereocenters. The van der Waals surface area contributed by atoms with Crippen LogP contribution in [0.4, 0.5) is 0 Å². The molecule has 0 aliphatic carbocycles. The molecule has 0 spiro atoms. The first kappa shape index (κ1) is 18.7. The molecule has 2 N–H and O–H groups in total. The van der Waals surface area contributed by atoms with E-state index >= 15 is 0 Å². The molecule has 3 rings (SSSR count). The number of nitriles is 2. The summed E-state index contributed by atoms with van der Waals surface area (Å²) in [5.41, 5.74) is 2.08. The third-order valence-electron chi connectivity index (χ3n) is 4.43. The van der Waals surface area contributed by atoms with Gasteiger partial charge in [0.1, 0.15) is 11.9 Å². The lowest BCUT2D eigenvalue weighted by Gasteiger charge is -2.14. The highest BCUT2D eigenvalue weighted by molar-refractivity contribution is 5.86. The number of nitrogens with zero attached hydrogens (tertiary/aromatic N) is 4. The Bertz CT molecular complexity index is 1200. The van der Waals surface area contributed by atoms with Crippen LogP contribution in [0.5, 0.6) is 0 Å². The third kappa shape index (κ3) is 3.71. The SMILES string of the molecule is Cc1c(CC(=O)N[C@@H](C)c2ncc(C#N)cn2)c(=O)[nH]c2ccc(C#N)cc12. The van der Waals surface area contributed by atoms with Gasteiger partial charge in [0.2, 0.25) is 5.91 Å². The molecule has 8 nitrogen and oxygen atoms in total. The smallest absolute Gasteiger partial charge is 0.252 e. The lowest BCUT2D eigenvalue weighted by atomic mass is 10.0. The molecule has 1 aromatic carbocycles. The summed E-state index contributed by atoms with van der Waals surface area (Å²) in [5.74, 6) is 0.0139. The van der Waals surface area contributed by atoms with E-state index in [4.69, 9.17) is 10.5 Å². The fourth-order valence-electron chi connectivity index (χ4n) is 2.91. The van der Waals surface area contributed by atoms with E-state index in [0.717, 1.165) is 5.39 Å². The van der Waals surface area contributed by atoms with Gasteiger partial charge in [0, 0.05) is 28.9 Å². The van der Waals surface area contributed by atoms with Crippen molar-refractivity contribution in [2.24, 2.45) is 0 Å². The molecule has 3 aromatic rings. The maximum atomic E-state index is 12.5. The van der Waals surface area contributed by atoms with E-state index in [1.807, 2.05) is 6.07 Å². The van der Waals surface area contributed by atoms with E-state index in [2.05, 4.69) is 26.3 Å². The van der Waals surface area contributed by atoms with Crippen molar-refractivity contribution in [2.75, 3.05) is 0 Å². The lowest BCUT2D eigenvalue weighted by molar-refractivity contribution is -0.121. The van der Waals surface area contributed by atoms with Crippen LogP contribution in [-0.2, 0) is 11.2 Å². The van der Waals surface area contributed by atoms with Crippen LogP contribution < -0.4 is 10.9 Å². The van der Waals surface area contributed by atoms with Crippen molar-refractivity contribution >= 4 is 16.8 Å². The summed E-state index contributed by atoms with van der Waals surface area (Å²) in [6, 6.07) is 8.51. The van der Waals surface area contributed by atoms with Crippen molar-refractivity contribution in [3.63, 3.8) is 0 Å². The molecule has 0 bridgehead atoms. The van der Waals surface area contributed by atoms with E-state index in [-0.39, 0.29) is 17.9 Å². The van der Waals surface area contributed by atoms with E-state index in [0.29, 0.717) is 33.6 Å². The standard InChI is InChI=1S/C20H16N6O2/c1-11-15-5-13(7-21)3-4-17(15)26-20(28)16(11)6-18(27)25-12(2)19-23-9-14(8-22)10-24-19/h3-5,9-10,12H,6H2,1-2H3,(H,25,27)(H,26,28)/t12-/m0/s1. The highest BCUT2D eigenvalue weighted by Gasteiger charge is 2.17. The number of H-pyrrole nitrogens is 1. The average Bonchev–Trinajstić information content (AvgIpc) is 2.71. The van der Waals surface area contributed by atoms with Gasteiger partial charge >= 0.3 is 0 Å². The molecule has 0 saturated carbocycles. The van der Waals surface area contributed by atoms with Gasteiger partial charge < -0.3 is 10.3 Å². The Morgan fingerprint density at radius 1 is 1.21 bits per heavy atom. The quantitative estimate of drug-likeness (QED) is 0.717. The van der Waals surface area contributed by atoms with Gasteiger partial charge in [-0.3, -0.25) is 9.59 Å². The van der Waals surface area contributed by atoms with Crippen molar-refractivity contribution in [2.45, 2.75) is 26.3 Å². The maximum Gasteiger partial charge on any atom is 0.252 e. The molecule has 0 saturated heterocycles. The normalized spacial score (nSPS) is 11.4. The number of aromatic nitrogens is 3. The molecule has 0 fully saturated rings. The topological polar surface area (TPSA) is 135 Å². The summed E-state index contributed by atoms with van der Waals surface area (Å²) in [5, 5.41) is 21.4. The van der Waals surface area contributed by atoms with Gasteiger partial charge in [-0.2, -0.15) is 10.5 Å². The van der Waals surface area contributed by atoms with Gasteiger partial charge in [0.25, 0.3) is 5.56 Å². The lowest BCUT2D eigenvalue weighted by Crippen LogP contribution is -2.31. The van der Waals surface area contributed by atoms with Gasteiger partial charge in [-0.1, -0.05) is 0 Å². The van der Waals surface area contributed by atoms with Crippen LogP contribution in [0.15, 0.2) is 35.4 Å². The molecule has 1 amide bonds. The highest BCUT2D eigenvalue weighted by Crippen LogP contribution is 2.19. The first-order valence-corrected chi connectivity index (χ1v) is 8.50. The van der Waals surface area contributed by atoms with Gasteiger partial charge in [-0.15, -0.1) is 0 Å². The number of hydrogen-bond donors (Lipinski definition) is 2. The van der Waals surface area contributed by atoms with E-state index in [9.17, 15) is 9.59 Å². The molecule has 0 aliphatic rings. The van der Waals surface area contributed by atoms with Gasteiger partial charge in [0.15, 0.2) is 0 Å². The van der Waals surface area contributed by atoms with Crippen molar-refractivity contribution in [1.29, 1.82) is 10.5 Å². The number of benzene rings is 1. The second kappa shape index (κ2) is 7.68. The molecule has 2 heterocycles. The van der Waals surface area contributed by atoms with Crippen molar-refractivity contribution in [3.05, 3.63) is 69.0 Å². The van der Waals surface area contributed by atoms with Gasteiger partial charge in [0.05, 0.1) is 29.7 Å². The number of pyridine rings is 1. The van der Waals surface area contributed by atoms with E-state index < -0.39 is 6.04 Å². The van der Waals surface area contributed by atoms with Crippen LogP contribution >= 0.6 is 0 Å². The van der Waals surface area contributed by atoms with Crippen molar-refractivity contribution in [1.82, 2.24) is 20.3 Å². The first-order chi connectivity index (χ1) is 13.4. The zero-order valence-electron chi connectivity index (χ0n) is 15.3. The number of aromatic amines is 1. The Hall–Kier alpha value is -4.04. The third-order valence-corrected chi connectivity index (χ3v) is 4.43. The van der Waals surface area contributed by atoms with Crippen LogP contribution in [0.1, 0.15) is 41.0 Å². The number of rotatable bonds is 4. The number of amides is 1. The summed E-state index contributed by atoms with van der Waals surface area (Å²) in [6.45, 7) is 3.48. The Kier molecular flexibility index (Phi) is 5.14. The first-order valence-electron chi connectivity index (χ1n) is 8.50. The Balaban J connectivity index is 1.83. The Morgan fingerprint density at radius 3 is 2.54 bits per heavy atom. The molecular formula is C20H16N6O2. The molecule has 2 aromatic heterocycles. The molecule has 28 heavy (non-hydrogen) atoms. The monoisotopic (exact) mass is 372 g/mol. The second-order valence-electron chi connectivity index (χ2n) is 6.34. The average molecular weight is 372 g/mol. The molecule has 0 radical (unpaired) electrons. The zero-order valence-corrected chi connectivity index (χ0v) is 15.3. The molecule has 0 unspecified atom stereocenters.